The van der Waals surface area contributed by atoms with E-state index in [1.54, 1.807) is 17.8 Å². The van der Waals surface area contributed by atoms with E-state index >= 15 is 0 Å². The highest BCUT2D eigenvalue weighted by Gasteiger charge is 2.07. The maximum Gasteiger partial charge on any atom is 0.327 e. The van der Waals surface area contributed by atoms with Crippen molar-refractivity contribution in [3.05, 3.63) is 23.7 Å². The number of piperidine rings is 1. The van der Waals surface area contributed by atoms with Gasteiger partial charge in [-0.1, -0.05) is 0 Å². The lowest BCUT2D eigenvalue weighted by Crippen LogP contribution is -2.19. The van der Waals surface area contributed by atoms with Gasteiger partial charge < -0.3 is 10.1 Å². The average Bonchev–Trinajstić information content (AvgIpc) is 2.78. The third-order valence-corrected chi connectivity index (χ3v) is 2.80. The summed E-state index contributed by atoms with van der Waals surface area (Å²) in [5.74, 6) is -0.254. The van der Waals surface area contributed by atoms with Gasteiger partial charge in [0.25, 0.3) is 0 Å². The van der Waals surface area contributed by atoms with Crippen molar-refractivity contribution in [2.45, 2.75) is 32.7 Å². The van der Waals surface area contributed by atoms with Crippen LogP contribution in [-0.4, -0.2) is 28.9 Å². The molecule has 1 aromatic rings. The molecule has 1 N–H and O–H groups in total. The van der Waals surface area contributed by atoms with Crippen molar-refractivity contribution in [2.75, 3.05) is 13.2 Å². The highest BCUT2D eigenvalue weighted by molar-refractivity contribution is 5.85. The van der Waals surface area contributed by atoms with Crippen molar-refractivity contribution in [1.29, 1.82) is 0 Å². The van der Waals surface area contributed by atoms with E-state index in [1.807, 2.05) is 12.1 Å². The van der Waals surface area contributed by atoms with Gasteiger partial charge in [-0.25, -0.2) is 0 Å². The zero-order valence-electron chi connectivity index (χ0n) is 11.1. The van der Waals surface area contributed by atoms with Gasteiger partial charge in [-0.15, -0.1) is 12.4 Å². The minimum absolute atomic E-state index is 0. The van der Waals surface area contributed by atoms with Crippen LogP contribution in [0.2, 0.25) is 0 Å². The van der Waals surface area contributed by atoms with Crippen molar-refractivity contribution < 1.29 is 9.53 Å². The number of allylic oxidation sites excluding steroid dienone is 1. The Labute approximate surface area is 119 Å². The van der Waals surface area contributed by atoms with E-state index < -0.39 is 0 Å². The number of aromatic nitrogens is 2. The molecule has 1 aromatic heterocycles. The normalized spacial score (nSPS) is 16.6. The first-order valence-electron chi connectivity index (χ1n) is 6.41. The standard InChI is InChI=1S/C13H19N3O2.ClH/c1-2-18-13(17)10-16-8-6-12(15-16)9-11-5-3-4-7-14-11;/h6,8-9,14H,2-5,7,10H2,1H3;1H. The number of carbonyl (C=O) groups excluding carboxylic acids is 1. The Morgan fingerprint density at radius 3 is 3.11 bits per heavy atom. The summed E-state index contributed by atoms with van der Waals surface area (Å²) in [4.78, 5) is 11.3. The second-order valence-electron chi connectivity index (χ2n) is 4.30. The summed E-state index contributed by atoms with van der Waals surface area (Å²) in [6.45, 7) is 3.41. The Hall–Kier alpha value is -1.49. The van der Waals surface area contributed by atoms with Crippen LogP contribution in [0.15, 0.2) is 18.0 Å². The summed E-state index contributed by atoms with van der Waals surface area (Å²) in [7, 11) is 0. The molecule has 0 saturated carbocycles. The summed E-state index contributed by atoms with van der Waals surface area (Å²) in [5.41, 5.74) is 2.10. The average molecular weight is 286 g/mol. The van der Waals surface area contributed by atoms with Crippen LogP contribution >= 0.6 is 12.4 Å². The molecule has 5 nitrogen and oxygen atoms in total. The number of nitrogens with zero attached hydrogens (tertiary/aromatic N) is 2. The second kappa shape index (κ2) is 7.84. The molecule has 0 unspecified atom stereocenters. The fourth-order valence-corrected chi connectivity index (χ4v) is 1.96. The van der Waals surface area contributed by atoms with Gasteiger partial charge in [0, 0.05) is 18.4 Å². The van der Waals surface area contributed by atoms with Crippen LogP contribution in [0.25, 0.3) is 6.08 Å². The van der Waals surface area contributed by atoms with Gasteiger partial charge in [-0.2, -0.15) is 5.10 Å². The molecule has 1 saturated heterocycles. The molecular formula is C13H20ClN3O2. The van der Waals surface area contributed by atoms with E-state index in [4.69, 9.17) is 4.74 Å². The maximum absolute atomic E-state index is 11.3. The number of nitrogens with one attached hydrogen (secondary N) is 1. The Kier molecular flexibility index (Phi) is 6.42. The van der Waals surface area contributed by atoms with Crippen LogP contribution in [0.1, 0.15) is 31.9 Å². The Balaban J connectivity index is 0.00000180. The largest absolute Gasteiger partial charge is 0.465 e. The van der Waals surface area contributed by atoms with E-state index in [-0.39, 0.29) is 24.9 Å². The number of hydrogen-bond acceptors (Lipinski definition) is 4. The molecule has 0 spiro atoms. The Morgan fingerprint density at radius 1 is 1.58 bits per heavy atom. The lowest BCUT2D eigenvalue weighted by Gasteiger charge is -2.15. The van der Waals surface area contributed by atoms with Crippen molar-refractivity contribution in [2.24, 2.45) is 0 Å². The first-order valence-corrected chi connectivity index (χ1v) is 6.41. The lowest BCUT2D eigenvalue weighted by molar-refractivity contribution is -0.144. The van der Waals surface area contributed by atoms with E-state index in [1.165, 1.54) is 18.5 Å². The van der Waals surface area contributed by atoms with Crippen LogP contribution in [0.4, 0.5) is 0 Å². The molecule has 106 valence electrons. The van der Waals surface area contributed by atoms with E-state index in [0.29, 0.717) is 6.61 Å². The molecule has 0 radical (unpaired) electrons. The summed E-state index contributed by atoms with van der Waals surface area (Å²) in [5, 5.41) is 7.68. The molecular weight excluding hydrogens is 266 g/mol. The van der Waals surface area contributed by atoms with Crippen LogP contribution in [0, 0.1) is 0 Å². The SMILES string of the molecule is CCOC(=O)Cn1ccc(C=C2CCCCN2)n1.Cl. The van der Waals surface area contributed by atoms with Gasteiger partial charge in [0.15, 0.2) is 0 Å². The second-order valence-corrected chi connectivity index (χ2v) is 4.30. The topological polar surface area (TPSA) is 56.1 Å². The molecule has 6 heteroatoms. The van der Waals surface area contributed by atoms with Gasteiger partial charge in [0.05, 0.1) is 12.3 Å². The van der Waals surface area contributed by atoms with Gasteiger partial charge in [-0.05, 0) is 38.3 Å². The Morgan fingerprint density at radius 2 is 2.42 bits per heavy atom. The molecule has 1 aliphatic heterocycles. The van der Waals surface area contributed by atoms with Gasteiger partial charge in [-0.3, -0.25) is 9.48 Å². The van der Waals surface area contributed by atoms with Crippen molar-refractivity contribution >= 4 is 24.5 Å². The number of carbonyl (C=O) groups is 1. The Bertz CT molecular complexity index is 435. The number of hydrogen-bond donors (Lipinski definition) is 1. The minimum atomic E-state index is -0.254. The smallest absolute Gasteiger partial charge is 0.327 e. The molecule has 1 fully saturated rings. The molecule has 2 heterocycles. The van der Waals surface area contributed by atoms with E-state index in [2.05, 4.69) is 10.4 Å². The fourth-order valence-electron chi connectivity index (χ4n) is 1.96. The highest BCUT2D eigenvalue weighted by Crippen LogP contribution is 2.13. The van der Waals surface area contributed by atoms with Crippen molar-refractivity contribution in [3.8, 4) is 0 Å². The summed E-state index contributed by atoms with van der Waals surface area (Å²) in [6, 6.07) is 1.91. The number of ether oxygens (including phenoxy) is 1. The molecule has 0 amide bonds. The number of halogens is 1. The van der Waals surface area contributed by atoms with Gasteiger partial charge >= 0.3 is 5.97 Å². The summed E-state index contributed by atoms with van der Waals surface area (Å²) < 4.78 is 6.48. The molecule has 0 bridgehead atoms. The molecule has 0 aromatic carbocycles. The first-order chi connectivity index (χ1) is 8.78. The number of rotatable bonds is 4. The third kappa shape index (κ3) is 4.95. The molecule has 1 aliphatic rings. The lowest BCUT2D eigenvalue weighted by atomic mass is 10.1. The van der Waals surface area contributed by atoms with Gasteiger partial charge in [0.1, 0.15) is 6.54 Å². The van der Waals surface area contributed by atoms with Crippen molar-refractivity contribution in [3.63, 3.8) is 0 Å². The molecule has 19 heavy (non-hydrogen) atoms. The van der Waals surface area contributed by atoms with Crippen LogP contribution in [0.5, 0.6) is 0 Å². The zero-order chi connectivity index (χ0) is 12.8. The van der Waals surface area contributed by atoms with Gasteiger partial charge in [0.2, 0.25) is 0 Å². The molecule has 2 rings (SSSR count). The van der Waals surface area contributed by atoms with Crippen LogP contribution < -0.4 is 5.32 Å². The predicted octanol–water partition coefficient (Wildman–Crippen LogP) is 1.98. The maximum atomic E-state index is 11.3. The summed E-state index contributed by atoms with van der Waals surface area (Å²) >= 11 is 0. The quantitative estimate of drug-likeness (QED) is 0.860. The van der Waals surface area contributed by atoms with Crippen molar-refractivity contribution in [1.82, 2.24) is 15.1 Å². The minimum Gasteiger partial charge on any atom is -0.465 e. The zero-order valence-corrected chi connectivity index (χ0v) is 11.9. The third-order valence-electron chi connectivity index (χ3n) is 2.80. The van der Waals surface area contributed by atoms with E-state index in [0.717, 1.165) is 18.7 Å². The summed E-state index contributed by atoms with van der Waals surface area (Å²) in [6.07, 6.45) is 7.37. The molecule has 0 aliphatic carbocycles. The monoisotopic (exact) mass is 285 g/mol. The molecule has 0 atom stereocenters. The van der Waals surface area contributed by atoms with E-state index in [9.17, 15) is 4.79 Å². The van der Waals surface area contributed by atoms with Crippen LogP contribution in [0.3, 0.4) is 0 Å². The number of esters is 1. The highest BCUT2D eigenvalue weighted by atomic mass is 35.5. The van der Waals surface area contributed by atoms with Crippen LogP contribution in [-0.2, 0) is 16.1 Å². The first kappa shape index (κ1) is 15.6. The fraction of sp³-hybridized carbons (Fsp3) is 0.538. The predicted molar refractivity (Wildman–Crippen MR) is 75.9 cm³/mol.